The molecule has 2 aromatic heterocycles. The Morgan fingerprint density at radius 3 is 3.00 bits per heavy atom. The summed E-state index contributed by atoms with van der Waals surface area (Å²) < 4.78 is 4.71. The molecule has 8 heteroatoms. The lowest BCUT2D eigenvalue weighted by Crippen LogP contribution is -2.02. The third kappa shape index (κ3) is 2.52. The van der Waals surface area contributed by atoms with Gasteiger partial charge in [0.2, 0.25) is 0 Å². The van der Waals surface area contributed by atoms with Crippen LogP contribution in [0, 0.1) is 0 Å². The smallest absolute Gasteiger partial charge is 0.337 e. The molecule has 1 aromatic carbocycles. The maximum atomic E-state index is 11.6. The van der Waals surface area contributed by atoms with Crippen LogP contribution in [-0.2, 0) is 4.74 Å². The average molecular weight is 301 g/mol. The number of aromatic nitrogens is 4. The summed E-state index contributed by atoms with van der Waals surface area (Å²) in [6, 6.07) is 4.97. The monoisotopic (exact) mass is 301 g/mol. The van der Waals surface area contributed by atoms with Crippen molar-refractivity contribution in [3.05, 3.63) is 36.4 Å². The largest absolute Gasteiger partial charge is 0.465 e. The van der Waals surface area contributed by atoms with Gasteiger partial charge in [-0.3, -0.25) is 0 Å². The number of ether oxygens (including phenoxy) is 1. The number of nitrogen functional groups attached to an aromatic ring is 1. The number of hydrogen-bond donors (Lipinski definition) is 2. The summed E-state index contributed by atoms with van der Waals surface area (Å²) in [4.78, 5) is 27.6. The first-order valence-corrected chi connectivity index (χ1v) is 6.80. The van der Waals surface area contributed by atoms with Crippen molar-refractivity contribution in [3.63, 3.8) is 0 Å². The van der Waals surface area contributed by atoms with Crippen molar-refractivity contribution in [1.82, 2.24) is 19.9 Å². The van der Waals surface area contributed by atoms with E-state index in [9.17, 15) is 4.79 Å². The van der Waals surface area contributed by atoms with Gasteiger partial charge in [0, 0.05) is 10.6 Å². The van der Waals surface area contributed by atoms with E-state index < -0.39 is 5.97 Å². The molecule has 0 spiro atoms. The predicted octanol–water partition coefficient (Wildman–Crippen LogP) is 1.87. The van der Waals surface area contributed by atoms with Crippen LogP contribution in [-0.4, -0.2) is 33.0 Å². The minimum atomic E-state index is -0.411. The number of H-pyrrole nitrogens is 1. The summed E-state index contributed by atoms with van der Waals surface area (Å²) in [6.07, 6.45) is 2.99. The molecule has 0 fully saturated rings. The Labute approximate surface area is 124 Å². The van der Waals surface area contributed by atoms with Gasteiger partial charge in [-0.25, -0.2) is 19.7 Å². The fourth-order valence-electron chi connectivity index (χ4n) is 1.79. The minimum absolute atomic E-state index is 0.411. The van der Waals surface area contributed by atoms with Gasteiger partial charge in [-0.1, -0.05) is 11.8 Å². The number of nitrogens with zero attached hydrogens (tertiary/aromatic N) is 3. The van der Waals surface area contributed by atoms with E-state index in [0.717, 1.165) is 5.52 Å². The van der Waals surface area contributed by atoms with E-state index in [-0.39, 0.29) is 0 Å². The maximum Gasteiger partial charge on any atom is 0.337 e. The fourth-order valence-corrected chi connectivity index (χ4v) is 2.72. The lowest BCUT2D eigenvalue weighted by atomic mass is 10.2. The van der Waals surface area contributed by atoms with Crippen LogP contribution in [0.1, 0.15) is 10.4 Å². The number of nitrogens with one attached hydrogen (secondary N) is 1. The summed E-state index contributed by atoms with van der Waals surface area (Å²) >= 11 is 1.34. The fraction of sp³-hybridized carbons (Fsp3) is 0.0769. The Hall–Kier alpha value is -2.61. The van der Waals surface area contributed by atoms with Gasteiger partial charge in [-0.2, -0.15) is 0 Å². The molecule has 0 radical (unpaired) electrons. The minimum Gasteiger partial charge on any atom is -0.465 e. The zero-order chi connectivity index (χ0) is 14.8. The van der Waals surface area contributed by atoms with E-state index in [4.69, 9.17) is 10.5 Å². The molecule has 0 aliphatic carbocycles. The summed E-state index contributed by atoms with van der Waals surface area (Å²) in [5.74, 6) is -0.411. The normalized spacial score (nSPS) is 10.7. The van der Waals surface area contributed by atoms with Crippen molar-refractivity contribution in [1.29, 1.82) is 0 Å². The van der Waals surface area contributed by atoms with Crippen LogP contribution in [0.15, 0.2) is 40.8 Å². The van der Waals surface area contributed by atoms with Crippen LogP contribution < -0.4 is 5.73 Å². The Morgan fingerprint density at radius 2 is 2.19 bits per heavy atom. The number of fused-ring (bicyclic) bond motifs is 1. The number of esters is 1. The Kier molecular flexibility index (Phi) is 3.44. The second-order valence-electron chi connectivity index (χ2n) is 4.13. The highest BCUT2D eigenvalue weighted by Gasteiger charge is 2.13. The highest BCUT2D eigenvalue weighted by molar-refractivity contribution is 7.99. The van der Waals surface area contributed by atoms with Crippen molar-refractivity contribution >= 4 is 34.6 Å². The van der Waals surface area contributed by atoms with Crippen LogP contribution in [0.2, 0.25) is 0 Å². The molecule has 0 amide bonds. The van der Waals surface area contributed by atoms with E-state index in [2.05, 4.69) is 19.9 Å². The zero-order valence-electron chi connectivity index (χ0n) is 11.0. The maximum absolute atomic E-state index is 11.6. The van der Waals surface area contributed by atoms with Crippen molar-refractivity contribution < 1.29 is 9.53 Å². The second kappa shape index (κ2) is 5.41. The predicted molar refractivity (Wildman–Crippen MR) is 78.0 cm³/mol. The molecular weight excluding hydrogens is 290 g/mol. The van der Waals surface area contributed by atoms with Crippen LogP contribution in [0.5, 0.6) is 0 Å². The molecule has 0 saturated heterocycles. The molecule has 0 aliphatic heterocycles. The zero-order valence-corrected chi connectivity index (χ0v) is 11.8. The van der Waals surface area contributed by atoms with Gasteiger partial charge >= 0.3 is 5.97 Å². The lowest BCUT2D eigenvalue weighted by Gasteiger charge is -2.07. The SMILES string of the molecule is COC(=O)c1ccc(N)c(Sc2ncnc3nc[nH]c23)c1. The standard InChI is InChI=1S/C13H11N5O2S/c1-20-13(19)7-2-3-8(14)9(4-7)21-12-10-11(16-5-15-10)17-6-18-12/h2-6H,14H2,1H3,(H,15,16,17,18). The Morgan fingerprint density at radius 1 is 1.33 bits per heavy atom. The van der Waals surface area contributed by atoms with Gasteiger partial charge in [-0.05, 0) is 18.2 Å². The molecule has 3 rings (SSSR count). The molecule has 21 heavy (non-hydrogen) atoms. The first-order chi connectivity index (χ1) is 10.2. The number of imidazole rings is 1. The number of benzene rings is 1. The molecule has 0 atom stereocenters. The second-order valence-corrected chi connectivity index (χ2v) is 5.16. The lowest BCUT2D eigenvalue weighted by molar-refractivity contribution is 0.0600. The molecule has 3 N–H and O–H groups in total. The summed E-state index contributed by atoms with van der Waals surface area (Å²) in [5, 5.41) is 0.686. The van der Waals surface area contributed by atoms with Gasteiger partial charge in [0.1, 0.15) is 16.9 Å². The average Bonchev–Trinajstić information content (AvgIpc) is 2.98. The number of methoxy groups -OCH3 is 1. The van der Waals surface area contributed by atoms with Crippen LogP contribution in [0.4, 0.5) is 5.69 Å². The Balaban J connectivity index is 2.01. The van der Waals surface area contributed by atoms with Crippen molar-refractivity contribution in [3.8, 4) is 0 Å². The summed E-state index contributed by atoms with van der Waals surface area (Å²) in [5.41, 5.74) is 8.25. The number of carbonyl (C=O) groups excluding carboxylic acids is 1. The Bertz CT molecular complexity index is 817. The molecule has 0 aliphatic rings. The molecule has 0 bridgehead atoms. The number of nitrogens with two attached hydrogens (primary N) is 1. The molecule has 106 valence electrons. The quantitative estimate of drug-likeness (QED) is 0.432. The van der Waals surface area contributed by atoms with Crippen LogP contribution in [0.25, 0.3) is 11.2 Å². The number of anilines is 1. The molecule has 0 unspecified atom stereocenters. The van der Waals surface area contributed by atoms with Crippen LogP contribution >= 0.6 is 11.8 Å². The highest BCUT2D eigenvalue weighted by Crippen LogP contribution is 2.34. The van der Waals surface area contributed by atoms with Crippen molar-refractivity contribution in [2.45, 2.75) is 9.92 Å². The summed E-state index contributed by atoms with van der Waals surface area (Å²) in [6.45, 7) is 0. The van der Waals surface area contributed by atoms with Gasteiger partial charge in [0.15, 0.2) is 5.65 Å². The van der Waals surface area contributed by atoms with Crippen LogP contribution in [0.3, 0.4) is 0 Å². The van der Waals surface area contributed by atoms with E-state index in [1.54, 1.807) is 24.5 Å². The molecule has 7 nitrogen and oxygen atoms in total. The number of aromatic amines is 1. The molecule has 0 saturated carbocycles. The first-order valence-electron chi connectivity index (χ1n) is 5.99. The van der Waals surface area contributed by atoms with Crippen molar-refractivity contribution in [2.24, 2.45) is 0 Å². The van der Waals surface area contributed by atoms with E-state index in [1.807, 2.05) is 0 Å². The van der Waals surface area contributed by atoms with Crippen molar-refractivity contribution in [2.75, 3.05) is 12.8 Å². The third-order valence-corrected chi connectivity index (χ3v) is 3.91. The number of carbonyl (C=O) groups is 1. The highest BCUT2D eigenvalue weighted by atomic mass is 32.2. The van der Waals surface area contributed by atoms with E-state index >= 15 is 0 Å². The van der Waals surface area contributed by atoms with E-state index in [1.165, 1.54) is 25.2 Å². The van der Waals surface area contributed by atoms with Gasteiger partial charge in [-0.15, -0.1) is 0 Å². The molecule has 3 aromatic rings. The first kappa shape index (κ1) is 13.4. The van der Waals surface area contributed by atoms with Gasteiger partial charge in [0.25, 0.3) is 0 Å². The number of rotatable bonds is 3. The van der Waals surface area contributed by atoms with Gasteiger partial charge < -0.3 is 15.5 Å². The summed E-state index contributed by atoms with van der Waals surface area (Å²) in [7, 11) is 1.34. The topological polar surface area (TPSA) is 107 Å². The number of hydrogen-bond acceptors (Lipinski definition) is 7. The van der Waals surface area contributed by atoms with Gasteiger partial charge in [0.05, 0.1) is 19.0 Å². The molecule has 2 heterocycles. The van der Waals surface area contributed by atoms with E-state index in [0.29, 0.717) is 26.8 Å². The molecular formula is C13H11N5O2S. The third-order valence-electron chi connectivity index (χ3n) is 2.83.